The van der Waals surface area contributed by atoms with Crippen molar-refractivity contribution < 1.29 is 4.79 Å². The number of nitrogens with one attached hydrogen (secondary N) is 3. The molecular formula is C29H38N6O. The van der Waals surface area contributed by atoms with Crippen molar-refractivity contribution >= 4 is 22.5 Å². The van der Waals surface area contributed by atoms with Gasteiger partial charge in [-0.2, -0.15) is 5.10 Å². The minimum atomic E-state index is -0.196. The molecule has 7 heteroatoms. The average molecular weight is 487 g/mol. The first-order chi connectivity index (χ1) is 16.7. The zero-order chi connectivity index (χ0) is 26.4. The summed E-state index contributed by atoms with van der Waals surface area (Å²) in [6.45, 7) is 23.8. The Morgan fingerprint density at radius 2 is 1.97 bits per heavy atom. The maximum absolute atomic E-state index is 13.6. The summed E-state index contributed by atoms with van der Waals surface area (Å²) < 4.78 is 1.82. The molecule has 2 aliphatic rings. The minimum Gasteiger partial charge on any atom is -0.359 e. The molecule has 1 amide bonds. The van der Waals surface area contributed by atoms with Crippen molar-refractivity contribution in [3.63, 3.8) is 0 Å². The van der Waals surface area contributed by atoms with Crippen LogP contribution in [0.15, 0.2) is 65.7 Å². The Morgan fingerprint density at radius 1 is 1.25 bits per heavy atom. The third-order valence-electron chi connectivity index (χ3n) is 6.48. The van der Waals surface area contributed by atoms with Crippen LogP contribution in [0.5, 0.6) is 0 Å². The number of allylic oxidation sites excluding steroid dienone is 4. The van der Waals surface area contributed by atoms with E-state index in [2.05, 4.69) is 74.1 Å². The van der Waals surface area contributed by atoms with Gasteiger partial charge in [0.1, 0.15) is 0 Å². The summed E-state index contributed by atoms with van der Waals surface area (Å²) in [4.78, 5) is 18.6. The van der Waals surface area contributed by atoms with Gasteiger partial charge in [-0.05, 0) is 83.7 Å². The number of pyridine rings is 1. The molecule has 2 aromatic heterocycles. The Labute approximate surface area is 214 Å². The molecule has 0 spiro atoms. The molecule has 0 saturated carbocycles. The van der Waals surface area contributed by atoms with E-state index in [9.17, 15) is 4.79 Å². The first-order valence-electron chi connectivity index (χ1n) is 12.4. The van der Waals surface area contributed by atoms with Gasteiger partial charge in [-0.15, -0.1) is 0 Å². The smallest absolute Gasteiger partial charge is 0.252 e. The Balaban J connectivity index is 1.77. The van der Waals surface area contributed by atoms with Crippen LogP contribution in [-0.2, 0) is 6.54 Å². The third kappa shape index (κ3) is 5.36. The van der Waals surface area contributed by atoms with Gasteiger partial charge in [0.05, 0.1) is 29.4 Å². The number of hydrogen-bond acceptors (Lipinski definition) is 5. The zero-order valence-corrected chi connectivity index (χ0v) is 22.6. The predicted molar refractivity (Wildman–Crippen MR) is 147 cm³/mol. The first-order valence-corrected chi connectivity index (χ1v) is 12.4. The lowest BCUT2D eigenvalue weighted by Crippen LogP contribution is -2.53. The number of carbonyl (C=O) groups is 1. The second kappa shape index (κ2) is 9.21. The molecule has 0 aromatic carbocycles. The van der Waals surface area contributed by atoms with Crippen molar-refractivity contribution in [1.82, 2.24) is 30.7 Å². The maximum Gasteiger partial charge on any atom is 0.252 e. The van der Waals surface area contributed by atoms with Crippen molar-refractivity contribution in [3.05, 3.63) is 76.9 Å². The fourth-order valence-electron chi connectivity index (χ4n) is 5.36. The second-order valence-electron chi connectivity index (χ2n) is 11.4. The highest BCUT2D eigenvalue weighted by molar-refractivity contribution is 6.06. The van der Waals surface area contributed by atoms with Crippen molar-refractivity contribution in [2.75, 3.05) is 6.54 Å². The van der Waals surface area contributed by atoms with Crippen LogP contribution in [0, 0.1) is 0 Å². The molecule has 0 bridgehead atoms. The molecule has 190 valence electrons. The molecule has 0 atom stereocenters. The summed E-state index contributed by atoms with van der Waals surface area (Å²) in [5, 5.41) is 15.3. The van der Waals surface area contributed by atoms with Crippen LogP contribution in [0.25, 0.3) is 16.6 Å². The van der Waals surface area contributed by atoms with Gasteiger partial charge in [-0.3, -0.25) is 4.79 Å². The van der Waals surface area contributed by atoms with Gasteiger partial charge in [-0.25, -0.2) is 9.67 Å². The number of fused-ring (bicyclic) bond motifs is 1. The van der Waals surface area contributed by atoms with E-state index in [1.165, 1.54) is 0 Å². The fourth-order valence-corrected chi connectivity index (χ4v) is 5.36. The molecular weight excluding hydrogens is 448 g/mol. The molecule has 2 aliphatic heterocycles. The summed E-state index contributed by atoms with van der Waals surface area (Å²) in [7, 11) is 0. The van der Waals surface area contributed by atoms with E-state index >= 15 is 0 Å². The number of hydrogen-bond donors (Lipinski definition) is 3. The molecule has 0 fully saturated rings. The monoisotopic (exact) mass is 486 g/mol. The van der Waals surface area contributed by atoms with Crippen LogP contribution < -0.4 is 16.0 Å². The van der Waals surface area contributed by atoms with E-state index in [0.717, 1.165) is 51.2 Å². The number of rotatable bonds is 6. The Bertz CT molecular complexity index is 1370. The van der Waals surface area contributed by atoms with Crippen LogP contribution >= 0.6 is 0 Å². The number of nitrogens with zero attached hydrogens (tertiary/aromatic N) is 3. The van der Waals surface area contributed by atoms with E-state index in [1.807, 2.05) is 31.5 Å². The van der Waals surface area contributed by atoms with E-state index in [0.29, 0.717) is 24.3 Å². The molecule has 0 radical (unpaired) electrons. The minimum absolute atomic E-state index is 0.103. The Kier molecular flexibility index (Phi) is 6.56. The lowest BCUT2D eigenvalue weighted by molar-refractivity contribution is 0.0958. The summed E-state index contributed by atoms with van der Waals surface area (Å²) in [6.07, 6.45) is 6.81. The van der Waals surface area contributed by atoms with Crippen LogP contribution in [0.4, 0.5) is 0 Å². The second-order valence-corrected chi connectivity index (χ2v) is 11.4. The molecule has 36 heavy (non-hydrogen) atoms. The van der Waals surface area contributed by atoms with Crippen LogP contribution in [0.1, 0.15) is 70.9 Å². The van der Waals surface area contributed by atoms with Gasteiger partial charge in [0.2, 0.25) is 0 Å². The van der Waals surface area contributed by atoms with E-state index in [-0.39, 0.29) is 17.0 Å². The topological polar surface area (TPSA) is 83.9 Å². The largest absolute Gasteiger partial charge is 0.359 e. The number of amides is 1. The van der Waals surface area contributed by atoms with E-state index < -0.39 is 0 Å². The van der Waals surface area contributed by atoms with Gasteiger partial charge < -0.3 is 16.0 Å². The third-order valence-corrected chi connectivity index (χ3v) is 6.48. The Hall–Kier alpha value is -3.45. The molecule has 0 saturated heterocycles. The van der Waals surface area contributed by atoms with Crippen molar-refractivity contribution in [2.45, 2.75) is 72.5 Å². The zero-order valence-electron chi connectivity index (χ0n) is 22.6. The highest BCUT2D eigenvalue weighted by Crippen LogP contribution is 2.34. The van der Waals surface area contributed by atoms with Crippen molar-refractivity contribution in [3.8, 4) is 0 Å². The summed E-state index contributed by atoms with van der Waals surface area (Å²) in [6, 6.07) is 1.91. The number of aromatic nitrogens is 3. The summed E-state index contributed by atoms with van der Waals surface area (Å²) >= 11 is 0. The van der Waals surface area contributed by atoms with Crippen LogP contribution in [-0.4, -0.2) is 38.3 Å². The van der Waals surface area contributed by atoms with Crippen LogP contribution in [0.3, 0.4) is 0 Å². The lowest BCUT2D eigenvalue weighted by Gasteiger charge is -2.41. The highest BCUT2D eigenvalue weighted by atomic mass is 16.1. The van der Waals surface area contributed by atoms with Crippen LogP contribution in [0.2, 0.25) is 0 Å². The van der Waals surface area contributed by atoms with Gasteiger partial charge in [0.25, 0.3) is 5.91 Å². The first kappa shape index (κ1) is 25.6. The molecule has 2 aromatic rings. The van der Waals surface area contributed by atoms with Crippen molar-refractivity contribution in [1.29, 1.82) is 0 Å². The van der Waals surface area contributed by atoms with Gasteiger partial charge in [-0.1, -0.05) is 24.8 Å². The molecule has 0 aliphatic carbocycles. The maximum atomic E-state index is 13.6. The normalized spacial score (nSPS) is 19.0. The lowest BCUT2D eigenvalue weighted by atomic mass is 9.82. The molecule has 7 nitrogen and oxygen atoms in total. The number of dihydropyridines is 1. The molecule has 0 unspecified atom stereocenters. The molecule has 4 heterocycles. The van der Waals surface area contributed by atoms with Gasteiger partial charge in [0.15, 0.2) is 5.65 Å². The molecule has 4 rings (SSSR count). The number of carbonyl (C=O) groups excluding carboxylic acids is 1. The van der Waals surface area contributed by atoms with Gasteiger partial charge >= 0.3 is 0 Å². The SMILES string of the molecule is C=C(C)Cn1ncc2c(C(=O)NCC3=C(C)C=C(C)NC3=C)cc(C3=CC(C)(C)NC(C)(C)C3)nc21. The average Bonchev–Trinajstić information content (AvgIpc) is 3.12. The summed E-state index contributed by atoms with van der Waals surface area (Å²) in [5.74, 6) is -0.161. The fraction of sp³-hybridized carbons (Fsp3) is 0.414. The van der Waals surface area contributed by atoms with Gasteiger partial charge in [0, 0.05) is 29.0 Å². The van der Waals surface area contributed by atoms with E-state index in [1.54, 1.807) is 6.20 Å². The summed E-state index contributed by atoms with van der Waals surface area (Å²) in [5.41, 5.74) is 7.78. The highest BCUT2D eigenvalue weighted by Gasteiger charge is 2.33. The predicted octanol–water partition coefficient (Wildman–Crippen LogP) is 5.01. The Morgan fingerprint density at radius 3 is 2.61 bits per heavy atom. The molecule has 3 N–H and O–H groups in total. The van der Waals surface area contributed by atoms with E-state index in [4.69, 9.17) is 4.98 Å². The standard InChI is InChI=1S/C29H38N6O/c1-17(2)16-35-26-24(15-31-35)22(27(36)30-14-23-18(3)10-19(4)32-20(23)5)11-25(33-26)21-12-28(6,7)34-29(8,9)13-21/h10-12,15,32,34H,1,5,13-14,16H2,2-4,6-9H3,(H,30,36). The van der Waals surface area contributed by atoms with Crippen molar-refractivity contribution in [2.24, 2.45) is 0 Å². The quantitative estimate of drug-likeness (QED) is 0.500.